The highest BCUT2D eigenvalue weighted by molar-refractivity contribution is 5.81. The third-order valence-corrected chi connectivity index (χ3v) is 4.14. The van der Waals surface area contributed by atoms with E-state index in [1.54, 1.807) is 0 Å². The highest BCUT2D eigenvalue weighted by Crippen LogP contribution is 2.19. The minimum absolute atomic E-state index is 0.0348. The molecule has 1 unspecified atom stereocenters. The third-order valence-electron chi connectivity index (χ3n) is 4.14. The van der Waals surface area contributed by atoms with Gasteiger partial charge in [-0.2, -0.15) is 0 Å². The standard InChI is InChI=1S/C14H28N2O3/c1-11(13(19)15-12-6-4-5-7-12)16(3)8-14(2,9-17)10-18/h11-12,17-18H,4-10H2,1-3H3,(H,15,19). The summed E-state index contributed by atoms with van der Waals surface area (Å²) in [4.78, 5) is 14.0. The number of amides is 1. The second kappa shape index (κ2) is 7.22. The van der Waals surface area contributed by atoms with Crippen LogP contribution >= 0.6 is 0 Å². The summed E-state index contributed by atoms with van der Waals surface area (Å²) in [5.41, 5.74) is -0.573. The minimum Gasteiger partial charge on any atom is -0.396 e. The molecule has 0 aromatic heterocycles. The van der Waals surface area contributed by atoms with Crippen molar-refractivity contribution in [2.24, 2.45) is 5.41 Å². The lowest BCUT2D eigenvalue weighted by atomic mass is 9.92. The number of aliphatic hydroxyl groups is 2. The van der Waals surface area contributed by atoms with E-state index in [9.17, 15) is 15.0 Å². The van der Waals surface area contributed by atoms with Crippen LogP contribution in [0, 0.1) is 5.41 Å². The van der Waals surface area contributed by atoms with Crippen molar-refractivity contribution in [3.8, 4) is 0 Å². The van der Waals surface area contributed by atoms with E-state index in [0.717, 1.165) is 12.8 Å². The summed E-state index contributed by atoms with van der Waals surface area (Å²) in [6.45, 7) is 3.97. The fourth-order valence-corrected chi connectivity index (χ4v) is 2.48. The van der Waals surface area contributed by atoms with E-state index in [0.29, 0.717) is 12.6 Å². The Bertz CT molecular complexity index is 286. The lowest BCUT2D eigenvalue weighted by molar-refractivity contribution is -0.127. The van der Waals surface area contributed by atoms with Crippen molar-refractivity contribution in [1.82, 2.24) is 10.2 Å². The number of carbonyl (C=O) groups is 1. The fourth-order valence-electron chi connectivity index (χ4n) is 2.48. The highest BCUT2D eigenvalue weighted by Gasteiger charge is 2.29. The van der Waals surface area contributed by atoms with Crippen molar-refractivity contribution in [1.29, 1.82) is 0 Å². The molecule has 1 atom stereocenters. The fraction of sp³-hybridized carbons (Fsp3) is 0.929. The SMILES string of the molecule is CC(C(=O)NC1CCCC1)N(C)CC(C)(CO)CO. The third kappa shape index (κ3) is 4.75. The summed E-state index contributed by atoms with van der Waals surface area (Å²) >= 11 is 0. The molecule has 0 aliphatic heterocycles. The molecule has 0 saturated heterocycles. The van der Waals surface area contributed by atoms with Crippen LogP contribution in [0.5, 0.6) is 0 Å². The number of aliphatic hydroxyl groups excluding tert-OH is 2. The number of nitrogens with one attached hydrogen (secondary N) is 1. The lowest BCUT2D eigenvalue weighted by Crippen LogP contribution is -2.50. The molecule has 0 aromatic carbocycles. The van der Waals surface area contributed by atoms with Crippen LogP contribution in [0.3, 0.4) is 0 Å². The highest BCUT2D eigenvalue weighted by atomic mass is 16.3. The van der Waals surface area contributed by atoms with Crippen molar-refractivity contribution >= 4 is 5.91 Å². The molecule has 5 heteroatoms. The Kier molecular flexibility index (Phi) is 6.23. The Morgan fingerprint density at radius 3 is 2.37 bits per heavy atom. The molecule has 1 rings (SSSR count). The maximum absolute atomic E-state index is 12.1. The smallest absolute Gasteiger partial charge is 0.237 e. The molecular weight excluding hydrogens is 244 g/mol. The van der Waals surface area contributed by atoms with Gasteiger partial charge in [0.05, 0.1) is 19.3 Å². The molecule has 0 aromatic rings. The van der Waals surface area contributed by atoms with E-state index in [1.165, 1.54) is 12.8 Å². The van der Waals surface area contributed by atoms with Gasteiger partial charge < -0.3 is 15.5 Å². The van der Waals surface area contributed by atoms with Crippen molar-refractivity contribution in [2.75, 3.05) is 26.8 Å². The normalized spacial score (nSPS) is 18.8. The van der Waals surface area contributed by atoms with Crippen LogP contribution in [0.4, 0.5) is 0 Å². The predicted octanol–water partition coefficient (Wildman–Crippen LogP) is 0.356. The molecular formula is C14H28N2O3. The molecule has 1 aliphatic rings. The Labute approximate surface area is 116 Å². The van der Waals surface area contributed by atoms with E-state index in [-0.39, 0.29) is 25.2 Å². The Morgan fingerprint density at radius 2 is 1.89 bits per heavy atom. The molecule has 1 aliphatic carbocycles. The van der Waals surface area contributed by atoms with Crippen LogP contribution in [0.2, 0.25) is 0 Å². The monoisotopic (exact) mass is 272 g/mol. The molecule has 0 radical (unpaired) electrons. The average molecular weight is 272 g/mol. The molecule has 112 valence electrons. The molecule has 1 amide bonds. The number of likely N-dealkylation sites (N-methyl/N-ethyl adjacent to an activating group) is 1. The molecule has 0 spiro atoms. The summed E-state index contributed by atoms with van der Waals surface area (Å²) in [5.74, 6) is 0.0348. The molecule has 5 nitrogen and oxygen atoms in total. The summed E-state index contributed by atoms with van der Waals surface area (Å²) in [5, 5.41) is 21.7. The topological polar surface area (TPSA) is 72.8 Å². The van der Waals surface area contributed by atoms with Gasteiger partial charge in [0.1, 0.15) is 0 Å². The summed E-state index contributed by atoms with van der Waals surface area (Å²) in [7, 11) is 1.85. The number of carbonyl (C=O) groups excluding carboxylic acids is 1. The second-order valence-corrected chi connectivity index (χ2v) is 6.21. The van der Waals surface area contributed by atoms with E-state index in [1.807, 2.05) is 25.8 Å². The van der Waals surface area contributed by atoms with Crippen LogP contribution in [0.1, 0.15) is 39.5 Å². The largest absolute Gasteiger partial charge is 0.396 e. The predicted molar refractivity (Wildman–Crippen MR) is 74.8 cm³/mol. The lowest BCUT2D eigenvalue weighted by Gasteiger charge is -2.33. The first-order valence-electron chi connectivity index (χ1n) is 7.14. The van der Waals surface area contributed by atoms with Gasteiger partial charge in [0, 0.05) is 18.0 Å². The maximum Gasteiger partial charge on any atom is 0.237 e. The van der Waals surface area contributed by atoms with Crippen LogP contribution < -0.4 is 5.32 Å². The number of hydrogen-bond acceptors (Lipinski definition) is 4. The first kappa shape index (κ1) is 16.4. The number of rotatable bonds is 7. The number of hydrogen-bond donors (Lipinski definition) is 3. The maximum atomic E-state index is 12.1. The van der Waals surface area contributed by atoms with E-state index in [2.05, 4.69) is 5.32 Å². The van der Waals surface area contributed by atoms with Crippen molar-refractivity contribution in [3.63, 3.8) is 0 Å². The van der Waals surface area contributed by atoms with E-state index >= 15 is 0 Å². The summed E-state index contributed by atoms with van der Waals surface area (Å²) < 4.78 is 0. The molecule has 1 saturated carbocycles. The summed E-state index contributed by atoms with van der Waals surface area (Å²) in [6.07, 6.45) is 4.55. The van der Waals surface area contributed by atoms with Crippen LogP contribution in [-0.4, -0.2) is 59.9 Å². The van der Waals surface area contributed by atoms with Crippen LogP contribution in [-0.2, 0) is 4.79 Å². The molecule has 3 N–H and O–H groups in total. The number of nitrogens with zero attached hydrogens (tertiary/aromatic N) is 1. The van der Waals surface area contributed by atoms with Gasteiger partial charge in [-0.25, -0.2) is 0 Å². The Morgan fingerprint density at radius 1 is 1.37 bits per heavy atom. The Balaban J connectivity index is 2.46. The van der Waals surface area contributed by atoms with Gasteiger partial charge in [-0.3, -0.25) is 9.69 Å². The van der Waals surface area contributed by atoms with Crippen LogP contribution in [0.25, 0.3) is 0 Å². The van der Waals surface area contributed by atoms with Crippen molar-refractivity contribution in [3.05, 3.63) is 0 Å². The van der Waals surface area contributed by atoms with Gasteiger partial charge in [-0.15, -0.1) is 0 Å². The minimum atomic E-state index is -0.573. The van der Waals surface area contributed by atoms with Gasteiger partial charge in [0.2, 0.25) is 5.91 Å². The average Bonchev–Trinajstić information content (AvgIpc) is 2.90. The first-order chi connectivity index (χ1) is 8.91. The van der Waals surface area contributed by atoms with Crippen molar-refractivity contribution < 1.29 is 15.0 Å². The van der Waals surface area contributed by atoms with Gasteiger partial charge in [0.25, 0.3) is 0 Å². The van der Waals surface area contributed by atoms with Gasteiger partial charge in [-0.05, 0) is 26.8 Å². The zero-order valence-electron chi connectivity index (χ0n) is 12.4. The molecule has 1 fully saturated rings. The van der Waals surface area contributed by atoms with E-state index < -0.39 is 5.41 Å². The first-order valence-corrected chi connectivity index (χ1v) is 7.14. The van der Waals surface area contributed by atoms with Gasteiger partial charge in [-0.1, -0.05) is 19.8 Å². The molecule has 0 heterocycles. The zero-order chi connectivity index (χ0) is 14.5. The summed E-state index contributed by atoms with van der Waals surface area (Å²) in [6, 6.07) is 0.0726. The Hall–Kier alpha value is -0.650. The molecule has 19 heavy (non-hydrogen) atoms. The quantitative estimate of drug-likeness (QED) is 0.625. The van der Waals surface area contributed by atoms with Gasteiger partial charge >= 0.3 is 0 Å². The van der Waals surface area contributed by atoms with Crippen molar-refractivity contribution in [2.45, 2.75) is 51.6 Å². The van der Waals surface area contributed by atoms with E-state index in [4.69, 9.17) is 0 Å². The van der Waals surface area contributed by atoms with Crippen LogP contribution in [0.15, 0.2) is 0 Å². The zero-order valence-corrected chi connectivity index (χ0v) is 12.4. The second-order valence-electron chi connectivity index (χ2n) is 6.21. The molecule has 0 bridgehead atoms. The van der Waals surface area contributed by atoms with Gasteiger partial charge in [0.15, 0.2) is 0 Å².